The molecular weight excluding hydrogens is 420 g/mol. The van der Waals surface area contributed by atoms with E-state index in [2.05, 4.69) is 20.4 Å². The van der Waals surface area contributed by atoms with Gasteiger partial charge in [-0.25, -0.2) is 0 Å². The van der Waals surface area contributed by atoms with Gasteiger partial charge in [0.05, 0.1) is 26.0 Å². The molecule has 174 valence electrons. The summed E-state index contributed by atoms with van der Waals surface area (Å²) in [5.74, 6) is 2.80. The van der Waals surface area contributed by atoms with Crippen molar-refractivity contribution in [1.82, 2.24) is 15.5 Å². The molecule has 1 saturated heterocycles. The van der Waals surface area contributed by atoms with Crippen molar-refractivity contribution < 1.29 is 19.0 Å². The first kappa shape index (κ1) is 22.5. The van der Waals surface area contributed by atoms with Crippen LogP contribution in [0.1, 0.15) is 30.6 Å². The number of carbonyl (C=O) groups excluding carboxylic acids is 1. The van der Waals surface area contributed by atoms with E-state index in [1.807, 2.05) is 44.2 Å². The molecule has 0 spiro atoms. The minimum Gasteiger partial charge on any atom is -0.497 e. The monoisotopic (exact) mass is 450 g/mol. The summed E-state index contributed by atoms with van der Waals surface area (Å²) in [6.45, 7) is 6.40. The first-order valence-corrected chi connectivity index (χ1v) is 11.3. The Bertz CT molecular complexity index is 1080. The van der Waals surface area contributed by atoms with E-state index in [1.165, 1.54) is 0 Å². The highest BCUT2D eigenvalue weighted by atomic mass is 16.5. The number of methoxy groups -OCH3 is 1. The molecule has 8 heteroatoms. The second-order valence-corrected chi connectivity index (χ2v) is 7.80. The number of hydrogen-bond donors (Lipinski definition) is 2. The second-order valence-electron chi connectivity index (χ2n) is 7.80. The van der Waals surface area contributed by atoms with E-state index in [4.69, 9.17) is 14.2 Å². The summed E-state index contributed by atoms with van der Waals surface area (Å²) in [5, 5.41) is 10.7. The quantitative estimate of drug-likeness (QED) is 0.514. The van der Waals surface area contributed by atoms with Crippen LogP contribution in [0.2, 0.25) is 0 Å². The average molecular weight is 451 g/mol. The van der Waals surface area contributed by atoms with Crippen LogP contribution < -0.4 is 24.4 Å². The molecule has 1 aliphatic heterocycles. The first-order valence-electron chi connectivity index (χ1n) is 11.3. The average Bonchev–Trinajstić information content (AvgIpc) is 3.50. The van der Waals surface area contributed by atoms with Crippen LogP contribution in [-0.2, 0) is 0 Å². The number of hydrogen-bond acceptors (Lipinski definition) is 6. The fraction of sp³-hybridized carbons (Fsp3) is 0.360. The molecule has 2 N–H and O–H groups in total. The lowest BCUT2D eigenvalue weighted by atomic mass is 10.1. The Hall–Kier alpha value is -3.68. The summed E-state index contributed by atoms with van der Waals surface area (Å²) < 4.78 is 16.5. The van der Waals surface area contributed by atoms with Crippen LogP contribution in [0.5, 0.6) is 17.2 Å². The summed E-state index contributed by atoms with van der Waals surface area (Å²) >= 11 is 0. The molecule has 1 atom stereocenters. The van der Waals surface area contributed by atoms with Crippen LogP contribution >= 0.6 is 0 Å². The lowest BCUT2D eigenvalue weighted by Gasteiger charge is -2.17. The second kappa shape index (κ2) is 10.3. The summed E-state index contributed by atoms with van der Waals surface area (Å²) in [6.07, 6.45) is 0.853. The number of amides is 1. The van der Waals surface area contributed by atoms with Crippen molar-refractivity contribution in [1.29, 1.82) is 0 Å². The normalized spacial score (nSPS) is 15.4. The maximum absolute atomic E-state index is 12.9. The number of aromatic amines is 1. The lowest BCUT2D eigenvalue weighted by Crippen LogP contribution is -2.37. The van der Waals surface area contributed by atoms with Gasteiger partial charge in [0.2, 0.25) is 0 Å². The van der Waals surface area contributed by atoms with Crippen LogP contribution in [0.25, 0.3) is 11.3 Å². The fourth-order valence-electron chi connectivity index (χ4n) is 3.94. The number of rotatable bonds is 9. The van der Waals surface area contributed by atoms with Crippen molar-refractivity contribution >= 4 is 11.7 Å². The van der Waals surface area contributed by atoms with Crippen molar-refractivity contribution in [2.75, 3.05) is 38.3 Å². The molecule has 2 aromatic carbocycles. The Morgan fingerprint density at radius 2 is 1.85 bits per heavy atom. The molecule has 33 heavy (non-hydrogen) atoms. The van der Waals surface area contributed by atoms with Crippen LogP contribution in [0, 0.1) is 0 Å². The molecular formula is C25H30N4O4. The van der Waals surface area contributed by atoms with Crippen molar-refractivity contribution in [3.8, 4) is 28.5 Å². The number of carbonyl (C=O) groups is 1. The van der Waals surface area contributed by atoms with Crippen molar-refractivity contribution in [3.05, 3.63) is 54.1 Å². The maximum atomic E-state index is 12.9. The molecule has 0 bridgehead atoms. The highest BCUT2D eigenvalue weighted by Gasteiger charge is 2.26. The van der Waals surface area contributed by atoms with E-state index < -0.39 is 0 Å². The number of nitrogens with one attached hydrogen (secondary N) is 2. The third-order valence-electron chi connectivity index (χ3n) is 5.62. The largest absolute Gasteiger partial charge is 0.497 e. The van der Waals surface area contributed by atoms with E-state index in [0.29, 0.717) is 36.8 Å². The molecule has 0 aliphatic carbocycles. The van der Waals surface area contributed by atoms with E-state index in [-0.39, 0.29) is 11.9 Å². The van der Waals surface area contributed by atoms with Crippen molar-refractivity contribution in [2.24, 2.45) is 0 Å². The van der Waals surface area contributed by atoms with Crippen LogP contribution in [-0.4, -0.2) is 55.6 Å². The predicted octanol–water partition coefficient (Wildman–Crippen LogP) is 3.89. The van der Waals surface area contributed by atoms with Gasteiger partial charge in [-0.2, -0.15) is 5.10 Å². The van der Waals surface area contributed by atoms with Crippen LogP contribution in [0.4, 0.5) is 5.82 Å². The predicted molar refractivity (Wildman–Crippen MR) is 127 cm³/mol. The standard InChI is InChI=1S/C25H30N4O4/c1-4-32-22-11-8-18(14-23(22)33-5-2)25(30)26-19-12-13-29(16-19)24-15-21(27-28-24)17-6-9-20(31-3)10-7-17/h6-11,14-15,19H,4-5,12-13,16H2,1-3H3,(H,26,30)(H,27,28)/t19-/m1/s1. The first-order chi connectivity index (χ1) is 16.1. The topological polar surface area (TPSA) is 88.7 Å². The van der Waals surface area contributed by atoms with Gasteiger partial charge in [-0.15, -0.1) is 0 Å². The summed E-state index contributed by atoms with van der Waals surface area (Å²) in [4.78, 5) is 15.0. The number of aromatic nitrogens is 2. The number of ether oxygens (including phenoxy) is 3. The number of H-pyrrole nitrogens is 1. The molecule has 2 heterocycles. The Balaban J connectivity index is 1.38. The van der Waals surface area contributed by atoms with E-state index in [9.17, 15) is 4.79 Å². The molecule has 1 aliphatic rings. The summed E-state index contributed by atoms with van der Waals surface area (Å²) in [5.41, 5.74) is 2.54. The molecule has 8 nitrogen and oxygen atoms in total. The van der Waals surface area contributed by atoms with E-state index in [1.54, 1.807) is 25.3 Å². The third-order valence-corrected chi connectivity index (χ3v) is 5.62. The fourth-order valence-corrected chi connectivity index (χ4v) is 3.94. The van der Waals surface area contributed by atoms with Gasteiger partial charge in [0.1, 0.15) is 5.75 Å². The highest BCUT2D eigenvalue weighted by molar-refractivity contribution is 5.95. The van der Waals surface area contributed by atoms with Gasteiger partial charge >= 0.3 is 0 Å². The molecule has 0 saturated carbocycles. The van der Waals surface area contributed by atoms with Gasteiger partial charge in [-0.05, 0) is 68.3 Å². The van der Waals surface area contributed by atoms with Gasteiger partial charge in [0.15, 0.2) is 17.3 Å². The smallest absolute Gasteiger partial charge is 0.251 e. The lowest BCUT2D eigenvalue weighted by molar-refractivity contribution is 0.0940. The summed E-state index contributed by atoms with van der Waals surface area (Å²) in [6, 6.07) is 15.2. The van der Waals surface area contributed by atoms with Crippen LogP contribution in [0.15, 0.2) is 48.5 Å². The zero-order valence-corrected chi connectivity index (χ0v) is 19.3. The SMILES string of the molecule is CCOc1ccc(C(=O)N[C@@H]2CCN(c3cc(-c4ccc(OC)cc4)[nH]n3)C2)cc1OCC. The van der Waals surface area contributed by atoms with Gasteiger partial charge in [-0.3, -0.25) is 9.89 Å². The van der Waals surface area contributed by atoms with Gasteiger partial charge in [0, 0.05) is 30.8 Å². The third kappa shape index (κ3) is 5.22. The van der Waals surface area contributed by atoms with E-state index >= 15 is 0 Å². The Kier molecular flexibility index (Phi) is 7.02. The van der Waals surface area contributed by atoms with Crippen molar-refractivity contribution in [2.45, 2.75) is 26.3 Å². The molecule has 0 radical (unpaired) electrons. The van der Waals surface area contributed by atoms with E-state index in [0.717, 1.165) is 35.8 Å². The zero-order valence-electron chi connectivity index (χ0n) is 19.3. The highest BCUT2D eigenvalue weighted by Crippen LogP contribution is 2.29. The van der Waals surface area contributed by atoms with Gasteiger partial charge in [0.25, 0.3) is 5.91 Å². The molecule has 1 aromatic heterocycles. The summed E-state index contributed by atoms with van der Waals surface area (Å²) in [7, 11) is 1.65. The molecule has 3 aromatic rings. The Morgan fingerprint density at radius 1 is 1.09 bits per heavy atom. The number of benzene rings is 2. The molecule has 4 rings (SSSR count). The number of nitrogens with zero attached hydrogens (tertiary/aromatic N) is 2. The van der Waals surface area contributed by atoms with Crippen molar-refractivity contribution in [3.63, 3.8) is 0 Å². The minimum absolute atomic E-state index is 0.0424. The number of anilines is 1. The Morgan fingerprint density at radius 3 is 2.58 bits per heavy atom. The van der Waals surface area contributed by atoms with Gasteiger partial charge in [-0.1, -0.05) is 0 Å². The molecule has 1 fully saturated rings. The molecule has 0 unspecified atom stereocenters. The van der Waals surface area contributed by atoms with Gasteiger partial charge < -0.3 is 24.4 Å². The zero-order chi connectivity index (χ0) is 23.2. The molecule has 1 amide bonds. The minimum atomic E-state index is -0.119. The van der Waals surface area contributed by atoms with Crippen LogP contribution in [0.3, 0.4) is 0 Å². The Labute approximate surface area is 193 Å². The maximum Gasteiger partial charge on any atom is 0.251 e.